The number of methoxy groups -OCH3 is 1. The number of rotatable bonds is 7. The van der Waals surface area contributed by atoms with E-state index in [-0.39, 0.29) is 5.57 Å². The van der Waals surface area contributed by atoms with Crippen molar-refractivity contribution in [2.45, 2.75) is 13.5 Å². The van der Waals surface area contributed by atoms with Crippen molar-refractivity contribution < 1.29 is 14.3 Å². The molecule has 1 N–H and O–H groups in total. The van der Waals surface area contributed by atoms with Gasteiger partial charge in [-0.25, -0.2) is 0 Å². The maximum absolute atomic E-state index is 12.5. The molecular formula is C25H20Cl2N2O3. The van der Waals surface area contributed by atoms with Crippen LogP contribution in [0.3, 0.4) is 0 Å². The summed E-state index contributed by atoms with van der Waals surface area (Å²) in [6.07, 6.45) is 1.44. The lowest BCUT2D eigenvalue weighted by atomic mass is 10.1. The number of ether oxygens (including phenoxy) is 2. The van der Waals surface area contributed by atoms with E-state index in [9.17, 15) is 10.1 Å². The van der Waals surface area contributed by atoms with Gasteiger partial charge in [0.05, 0.1) is 12.1 Å². The van der Waals surface area contributed by atoms with E-state index in [0.717, 1.165) is 11.1 Å². The SMILES string of the molecule is COc1cc(/C=C(\C#N)C(=O)Nc2ccc(Cl)cc2)cc(Cl)c1OCc1ccccc1C. The fraction of sp³-hybridized carbons (Fsp3) is 0.120. The minimum Gasteiger partial charge on any atom is -0.493 e. The summed E-state index contributed by atoms with van der Waals surface area (Å²) in [5.74, 6) is 0.233. The first-order valence-electron chi connectivity index (χ1n) is 9.65. The molecule has 0 fully saturated rings. The molecule has 3 aromatic rings. The summed E-state index contributed by atoms with van der Waals surface area (Å²) in [5.41, 5.74) is 3.09. The number of aryl methyl sites for hydroxylation is 1. The summed E-state index contributed by atoms with van der Waals surface area (Å²) in [6.45, 7) is 2.33. The van der Waals surface area contributed by atoms with E-state index in [4.69, 9.17) is 32.7 Å². The van der Waals surface area contributed by atoms with Crippen molar-refractivity contribution >= 4 is 40.9 Å². The molecule has 0 aliphatic carbocycles. The molecule has 0 aromatic heterocycles. The second kappa shape index (κ2) is 10.7. The van der Waals surface area contributed by atoms with Gasteiger partial charge in [-0.05, 0) is 66.1 Å². The second-order valence-electron chi connectivity index (χ2n) is 6.88. The Kier molecular flexibility index (Phi) is 7.77. The summed E-state index contributed by atoms with van der Waals surface area (Å²) in [7, 11) is 1.50. The van der Waals surface area contributed by atoms with Crippen LogP contribution in [-0.2, 0) is 11.4 Å². The van der Waals surface area contributed by atoms with Crippen molar-refractivity contribution in [3.63, 3.8) is 0 Å². The van der Waals surface area contributed by atoms with E-state index in [1.807, 2.05) is 37.3 Å². The largest absolute Gasteiger partial charge is 0.493 e. The monoisotopic (exact) mass is 466 g/mol. The lowest BCUT2D eigenvalue weighted by molar-refractivity contribution is -0.112. The molecule has 0 saturated carbocycles. The van der Waals surface area contributed by atoms with Crippen LogP contribution in [0.1, 0.15) is 16.7 Å². The molecule has 5 nitrogen and oxygen atoms in total. The highest BCUT2D eigenvalue weighted by atomic mass is 35.5. The quantitative estimate of drug-likeness (QED) is 0.321. The molecule has 3 rings (SSSR count). The summed E-state index contributed by atoms with van der Waals surface area (Å²) in [6, 6.07) is 19.7. The molecule has 0 atom stereocenters. The molecule has 32 heavy (non-hydrogen) atoms. The summed E-state index contributed by atoms with van der Waals surface area (Å²) < 4.78 is 11.3. The number of hydrogen-bond acceptors (Lipinski definition) is 4. The van der Waals surface area contributed by atoms with Crippen LogP contribution >= 0.6 is 23.2 Å². The first-order valence-corrected chi connectivity index (χ1v) is 10.4. The molecule has 0 aliphatic heterocycles. The zero-order valence-corrected chi connectivity index (χ0v) is 19.0. The molecule has 0 aliphatic rings. The number of benzene rings is 3. The van der Waals surface area contributed by atoms with Gasteiger partial charge < -0.3 is 14.8 Å². The van der Waals surface area contributed by atoms with Crippen molar-refractivity contribution in [2.24, 2.45) is 0 Å². The third-order valence-electron chi connectivity index (χ3n) is 4.66. The number of nitrogens with zero attached hydrogens (tertiary/aromatic N) is 1. The lowest BCUT2D eigenvalue weighted by Gasteiger charge is -2.14. The molecule has 7 heteroatoms. The average molecular weight is 467 g/mol. The van der Waals surface area contributed by atoms with Gasteiger partial charge in [0.25, 0.3) is 5.91 Å². The highest BCUT2D eigenvalue weighted by Crippen LogP contribution is 2.37. The van der Waals surface area contributed by atoms with Crippen LogP contribution in [-0.4, -0.2) is 13.0 Å². The normalized spacial score (nSPS) is 10.9. The Labute approximate surface area is 196 Å². The minimum absolute atomic E-state index is 0.0911. The van der Waals surface area contributed by atoms with E-state index in [1.165, 1.54) is 13.2 Å². The zero-order valence-electron chi connectivity index (χ0n) is 17.5. The second-order valence-corrected chi connectivity index (χ2v) is 7.72. The van der Waals surface area contributed by atoms with Crippen LogP contribution in [0, 0.1) is 18.3 Å². The van der Waals surface area contributed by atoms with Crippen LogP contribution in [0.2, 0.25) is 10.0 Å². The van der Waals surface area contributed by atoms with E-state index in [0.29, 0.717) is 39.4 Å². The molecular weight excluding hydrogens is 447 g/mol. The topological polar surface area (TPSA) is 71.3 Å². The number of nitriles is 1. The lowest BCUT2D eigenvalue weighted by Crippen LogP contribution is -2.13. The Morgan fingerprint density at radius 3 is 2.50 bits per heavy atom. The van der Waals surface area contributed by atoms with Crippen molar-refractivity contribution in [1.29, 1.82) is 5.26 Å². The Hall–Kier alpha value is -3.46. The van der Waals surface area contributed by atoms with Crippen molar-refractivity contribution in [3.05, 3.63) is 93.0 Å². The standard InChI is InChI=1S/C25H20Cl2N2O3/c1-16-5-3-4-6-18(16)15-32-24-22(27)12-17(13-23(24)31-2)11-19(14-28)25(30)29-21-9-7-20(26)8-10-21/h3-13H,15H2,1-2H3,(H,29,30)/b19-11+. The van der Waals surface area contributed by atoms with Gasteiger partial charge >= 0.3 is 0 Å². The Morgan fingerprint density at radius 2 is 1.84 bits per heavy atom. The number of carbonyl (C=O) groups excluding carboxylic acids is 1. The number of nitrogens with one attached hydrogen (secondary N) is 1. The molecule has 0 radical (unpaired) electrons. The van der Waals surface area contributed by atoms with Crippen molar-refractivity contribution in [1.82, 2.24) is 0 Å². The summed E-state index contributed by atoms with van der Waals surface area (Å²) >= 11 is 12.3. The van der Waals surface area contributed by atoms with Gasteiger partial charge in [0.15, 0.2) is 11.5 Å². The molecule has 1 amide bonds. The number of carbonyl (C=O) groups is 1. The fourth-order valence-corrected chi connectivity index (χ4v) is 3.33. The van der Waals surface area contributed by atoms with E-state index in [1.54, 1.807) is 36.4 Å². The molecule has 0 spiro atoms. The van der Waals surface area contributed by atoms with Gasteiger partial charge in [0.1, 0.15) is 18.2 Å². The molecule has 3 aromatic carbocycles. The number of hydrogen-bond donors (Lipinski definition) is 1. The van der Waals surface area contributed by atoms with Gasteiger partial charge in [0, 0.05) is 10.7 Å². The maximum Gasteiger partial charge on any atom is 0.266 e. The highest BCUT2D eigenvalue weighted by Gasteiger charge is 2.15. The number of amides is 1. The van der Waals surface area contributed by atoms with E-state index >= 15 is 0 Å². The first kappa shape index (κ1) is 23.2. The molecule has 162 valence electrons. The number of anilines is 1. The average Bonchev–Trinajstić information content (AvgIpc) is 2.78. The molecule has 0 heterocycles. The van der Waals surface area contributed by atoms with Gasteiger partial charge in [-0.2, -0.15) is 5.26 Å². The summed E-state index contributed by atoms with van der Waals surface area (Å²) in [5, 5.41) is 13.0. The predicted molar refractivity (Wildman–Crippen MR) is 127 cm³/mol. The Morgan fingerprint density at radius 1 is 1.12 bits per heavy atom. The van der Waals surface area contributed by atoms with Crippen molar-refractivity contribution in [3.8, 4) is 17.6 Å². The summed E-state index contributed by atoms with van der Waals surface area (Å²) in [4.78, 5) is 12.5. The molecule has 0 bridgehead atoms. The van der Waals surface area contributed by atoms with Crippen LogP contribution in [0.25, 0.3) is 6.08 Å². The predicted octanol–water partition coefficient (Wildman–Crippen LogP) is 6.44. The third kappa shape index (κ3) is 5.82. The smallest absolute Gasteiger partial charge is 0.266 e. The highest BCUT2D eigenvalue weighted by molar-refractivity contribution is 6.32. The van der Waals surface area contributed by atoms with Crippen LogP contribution in [0.4, 0.5) is 5.69 Å². The van der Waals surface area contributed by atoms with Gasteiger partial charge in [-0.3, -0.25) is 4.79 Å². The van der Waals surface area contributed by atoms with Crippen LogP contribution < -0.4 is 14.8 Å². The van der Waals surface area contributed by atoms with E-state index < -0.39 is 5.91 Å². The first-order chi connectivity index (χ1) is 15.4. The van der Waals surface area contributed by atoms with Crippen LogP contribution in [0.15, 0.2) is 66.2 Å². The van der Waals surface area contributed by atoms with E-state index in [2.05, 4.69) is 5.32 Å². The zero-order chi connectivity index (χ0) is 23.1. The number of halogens is 2. The Balaban J connectivity index is 1.82. The maximum atomic E-state index is 12.5. The van der Waals surface area contributed by atoms with Crippen molar-refractivity contribution in [2.75, 3.05) is 12.4 Å². The Bertz CT molecular complexity index is 1200. The molecule has 0 saturated heterocycles. The minimum atomic E-state index is -0.551. The molecule has 0 unspecified atom stereocenters. The van der Waals surface area contributed by atoms with Gasteiger partial charge in [0.2, 0.25) is 0 Å². The van der Waals surface area contributed by atoms with Crippen LogP contribution in [0.5, 0.6) is 11.5 Å². The third-order valence-corrected chi connectivity index (χ3v) is 5.20. The fourth-order valence-electron chi connectivity index (χ4n) is 2.93. The van der Waals surface area contributed by atoms with Gasteiger partial charge in [-0.15, -0.1) is 0 Å². The van der Waals surface area contributed by atoms with Gasteiger partial charge in [-0.1, -0.05) is 47.5 Å².